The summed E-state index contributed by atoms with van der Waals surface area (Å²) in [5, 5.41) is -0.0647. The van der Waals surface area contributed by atoms with E-state index in [0.29, 0.717) is 11.3 Å². The van der Waals surface area contributed by atoms with Crippen LogP contribution in [0.3, 0.4) is 0 Å². The van der Waals surface area contributed by atoms with Gasteiger partial charge in [0.1, 0.15) is 0 Å². The summed E-state index contributed by atoms with van der Waals surface area (Å²) in [6, 6.07) is 11.7. The average Bonchev–Trinajstić information content (AvgIpc) is 2.73. The summed E-state index contributed by atoms with van der Waals surface area (Å²) in [5.41, 5.74) is 0.568. The van der Waals surface area contributed by atoms with Gasteiger partial charge in [0.25, 0.3) is 0 Å². The Morgan fingerprint density at radius 1 is 1.00 bits per heavy atom. The van der Waals surface area contributed by atoms with E-state index < -0.39 is 22.5 Å². The molecule has 1 atom stereocenters. The van der Waals surface area contributed by atoms with Crippen LogP contribution in [0.2, 0.25) is 0 Å². The van der Waals surface area contributed by atoms with Crippen molar-refractivity contribution in [2.75, 3.05) is 0 Å². The molecule has 1 aliphatic rings. The summed E-state index contributed by atoms with van der Waals surface area (Å²) >= 11 is 0. The van der Waals surface area contributed by atoms with E-state index in [1.54, 1.807) is 0 Å². The molecular weight excluding hydrogens is 254 g/mol. The number of carbonyl (C=O) groups excluding carboxylic acids is 1. The first-order valence-electron chi connectivity index (χ1n) is 5.52. The van der Waals surface area contributed by atoms with E-state index in [4.69, 9.17) is 0 Å². The molecule has 2 aromatic rings. The first-order chi connectivity index (χ1) is 8.68. The fourth-order valence-corrected chi connectivity index (χ4v) is 4.36. The predicted molar refractivity (Wildman–Crippen MR) is 68.1 cm³/mol. The van der Waals surface area contributed by atoms with Crippen molar-refractivity contribution in [2.45, 2.75) is 10.6 Å². The monoisotopic (exact) mass is 264 g/mol. The molecule has 0 spiro atoms. The first kappa shape index (κ1) is 11.4. The molecule has 0 saturated carbocycles. The fourth-order valence-electron chi connectivity index (χ4n) is 2.14. The third-order valence-corrected chi connectivity index (χ3v) is 5.34. The molecule has 0 radical (unpaired) electrons. The number of fused-ring (bicyclic) bond motifs is 1. The van der Waals surface area contributed by atoms with Crippen molar-refractivity contribution < 1.29 is 13.6 Å². The number of thiol groups is 1. The molecule has 2 aromatic carbocycles. The third-order valence-electron chi connectivity index (χ3n) is 3.06. The average molecular weight is 264 g/mol. The molecule has 1 unspecified atom stereocenters. The van der Waals surface area contributed by atoms with E-state index in [2.05, 4.69) is 0 Å². The molecule has 0 bridgehead atoms. The van der Waals surface area contributed by atoms with Gasteiger partial charge in [0.05, 0.1) is 0 Å². The van der Waals surface area contributed by atoms with E-state index in [1.165, 1.54) is 6.07 Å². The highest BCUT2D eigenvalue weighted by Gasteiger charge is 2.31. The van der Waals surface area contributed by atoms with Gasteiger partial charge in [0, 0.05) is 16.9 Å². The lowest BCUT2D eigenvalue weighted by Gasteiger charge is -2.12. The molecule has 0 N–H and O–H groups in total. The molecule has 3 rings (SSSR count). The summed E-state index contributed by atoms with van der Waals surface area (Å²) in [5.74, 6) is -1.45. The van der Waals surface area contributed by atoms with Crippen LogP contribution in [0.5, 0.6) is 0 Å². The van der Waals surface area contributed by atoms with E-state index in [0.717, 1.165) is 11.0 Å². The molecule has 0 amide bonds. The lowest BCUT2D eigenvalue weighted by Crippen LogP contribution is -1.96. The molecule has 0 aromatic heterocycles. The van der Waals surface area contributed by atoms with Crippen LogP contribution in [0.15, 0.2) is 47.4 Å². The van der Waals surface area contributed by atoms with Crippen LogP contribution in [0, 0.1) is 11.6 Å². The largest absolute Gasteiger partial charge is 0.283 e. The van der Waals surface area contributed by atoms with Crippen molar-refractivity contribution in [1.82, 2.24) is 0 Å². The Labute approximate surface area is 106 Å². The quantitative estimate of drug-likeness (QED) is 0.777. The minimum atomic E-state index is -1.10. The summed E-state index contributed by atoms with van der Waals surface area (Å²) < 4.78 is 26.8. The minimum Gasteiger partial charge on any atom is -0.283 e. The van der Waals surface area contributed by atoms with E-state index in [9.17, 15) is 13.6 Å². The molecule has 0 saturated heterocycles. The second kappa shape index (κ2) is 4.21. The van der Waals surface area contributed by atoms with Crippen molar-refractivity contribution in [3.05, 3.63) is 65.2 Å². The zero-order chi connectivity index (χ0) is 12.7. The van der Waals surface area contributed by atoms with Gasteiger partial charge < -0.3 is 0 Å². The fraction of sp³-hybridized carbons (Fsp3) is 0.0714. The summed E-state index contributed by atoms with van der Waals surface area (Å²) in [4.78, 5) is 13.1. The maximum absolute atomic E-state index is 13.6. The first-order valence-corrected chi connectivity index (χ1v) is 7.05. The number of rotatable bonds is 1. The Kier molecular flexibility index (Phi) is 2.67. The summed E-state index contributed by atoms with van der Waals surface area (Å²) in [7, 11) is -1.10. The molecule has 1 heterocycles. The Morgan fingerprint density at radius 3 is 2.44 bits per heavy atom. The lowest BCUT2D eigenvalue weighted by atomic mass is 10.1. The highest BCUT2D eigenvalue weighted by molar-refractivity contribution is 8.30. The summed E-state index contributed by atoms with van der Waals surface area (Å²) in [6.07, 6.45) is 0. The Hall–Kier alpha value is -1.68. The highest BCUT2D eigenvalue weighted by atomic mass is 32.2. The number of halogens is 2. The van der Waals surface area contributed by atoms with E-state index >= 15 is 0 Å². The Morgan fingerprint density at radius 2 is 1.72 bits per heavy atom. The summed E-state index contributed by atoms with van der Waals surface area (Å²) in [6.45, 7) is 0. The maximum Gasteiger partial charge on any atom is 0.204 e. The molecule has 1 aliphatic heterocycles. The molecular formula is C14H10F2OS. The lowest BCUT2D eigenvalue weighted by molar-refractivity contribution is 0.108. The van der Waals surface area contributed by atoms with Gasteiger partial charge in [-0.2, -0.15) is 10.9 Å². The van der Waals surface area contributed by atoms with Gasteiger partial charge in [-0.05, 0) is 29.2 Å². The zero-order valence-corrected chi connectivity index (χ0v) is 10.3. The molecule has 0 fully saturated rings. The minimum absolute atomic E-state index is 0.0647. The van der Waals surface area contributed by atoms with Crippen molar-refractivity contribution in [3.8, 4) is 0 Å². The van der Waals surface area contributed by atoms with Crippen molar-refractivity contribution in [1.29, 1.82) is 0 Å². The number of carbonyl (C=O) groups is 1. The van der Waals surface area contributed by atoms with Gasteiger partial charge in [0.2, 0.25) is 5.12 Å². The number of hydrogen-bond acceptors (Lipinski definition) is 1. The maximum atomic E-state index is 13.6. The van der Waals surface area contributed by atoms with Gasteiger partial charge in [-0.15, -0.1) is 0 Å². The standard InChI is InChI=1S/C14H10F2OS/c15-12-7-6-10-11(13(12)16)8-18(14(10)17)9-4-2-1-3-5-9/h1-7,18H,8H2. The topological polar surface area (TPSA) is 17.1 Å². The van der Waals surface area contributed by atoms with E-state index in [1.807, 2.05) is 30.3 Å². The van der Waals surface area contributed by atoms with Crippen LogP contribution in [-0.2, 0) is 5.75 Å². The predicted octanol–water partition coefficient (Wildman–Crippen LogP) is 3.68. The Bertz CT molecular complexity index is 625. The van der Waals surface area contributed by atoms with Crippen molar-refractivity contribution in [2.24, 2.45) is 0 Å². The van der Waals surface area contributed by atoms with Crippen molar-refractivity contribution >= 4 is 16.0 Å². The molecule has 18 heavy (non-hydrogen) atoms. The van der Waals surface area contributed by atoms with Crippen LogP contribution >= 0.6 is 10.9 Å². The van der Waals surface area contributed by atoms with E-state index in [-0.39, 0.29) is 10.7 Å². The van der Waals surface area contributed by atoms with Crippen LogP contribution in [-0.4, -0.2) is 5.12 Å². The van der Waals surface area contributed by atoms with Gasteiger partial charge in [-0.25, -0.2) is 8.78 Å². The molecule has 1 nitrogen and oxygen atoms in total. The number of hydrogen-bond donors (Lipinski definition) is 1. The van der Waals surface area contributed by atoms with Crippen LogP contribution in [0.1, 0.15) is 15.9 Å². The van der Waals surface area contributed by atoms with Gasteiger partial charge in [-0.3, -0.25) is 4.79 Å². The number of benzene rings is 2. The third kappa shape index (κ3) is 1.64. The van der Waals surface area contributed by atoms with Gasteiger partial charge in [0.15, 0.2) is 11.6 Å². The second-order valence-corrected chi connectivity index (χ2v) is 6.21. The van der Waals surface area contributed by atoms with Gasteiger partial charge >= 0.3 is 0 Å². The zero-order valence-electron chi connectivity index (χ0n) is 9.36. The highest BCUT2D eigenvalue weighted by Crippen LogP contribution is 2.49. The van der Waals surface area contributed by atoms with Crippen LogP contribution in [0.25, 0.3) is 0 Å². The smallest absolute Gasteiger partial charge is 0.204 e. The SMILES string of the molecule is O=C1c2ccc(F)c(F)c2C[SH]1c1ccccc1. The second-order valence-electron chi connectivity index (χ2n) is 4.11. The Balaban J connectivity index is 2.07. The molecule has 4 heteroatoms. The van der Waals surface area contributed by atoms with Crippen LogP contribution in [0.4, 0.5) is 8.78 Å². The van der Waals surface area contributed by atoms with Crippen LogP contribution < -0.4 is 0 Å². The molecule has 0 aliphatic carbocycles. The molecule has 92 valence electrons. The van der Waals surface area contributed by atoms with Crippen molar-refractivity contribution in [3.63, 3.8) is 0 Å². The van der Waals surface area contributed by atoms with Gasteiger partial charge in [-0.1, -0.05) is 18.2 Å². The normalized spacial score (nSPS) is 19.9.